The molecule has 0 aromatic carbocycles. The van der Waals surface area contributed by atoms with Crippen LogP contribution in [-0.2, 0) is 17.9 Å². The molecule has 0 atom stereocenters. The molecule has 0 aliphatic carbocycles. The first-order valence-electron chi connectivity index (χ1n) is 4.43. The van der Waals surface area contributed by atoms with Crippen molar-refractivity contribution in [1.29, 1.82) is 0 Å². The number of carbonyl (C=O) groups is 1. The monoisotopic (exact) mass is 206 g/mol. The second-order valence-corrected chi connectivity index (χ2v) is 2.91. The van der Waals surface area contributed by atoms with E-state index in [1.54, 1.807) is 23.1 Å². The minimum atomic E-state index is -0.116. The quantitative estimate of drug-likeness (QED) is 0.693. The Morgan fingerprint density at radius 2 is 2.53 bits per heavy atom. The van der Waals surface area contributed by atoms with Crippen molar-refractivity contribution < 1.29 is 4.79 Å². The zero-order chi connectivity index (χ0) is 10.5. The van der Waals surface area contributed by atoms with Gasteiger partial charge in [-0.2, -0.15) is 10.2 Å². The average Bonchev–Trinajstić information content (AvgIpc) is 2.86. The Morgan fingerprint density at radius 1 is 1.60 bits per heavy atom. The van der Waals surface area contributed by atoms with E-state index in [0.717, 1.165) is 0 Å². The normalized spacial score (nSPS) is 10.1. The van der Waals surface area contributed by atoms with Gasteiger partial charge in [-0.3, -0.25) is 14.6 Å². The van der Waals surface area contributed by atoms with Gasteiger partial charge in [0.1, 0.15) is 18.7 Å². The average molecular weight is 206 g/mol. The Hall–Kier alpha value is -2.18. The number of nitrogens with zero attached hydrogens (tertiary/aromatic N) is 4. The van der Waals surface area contributed by atoms with E-state index in [1.165, 1.54) is 6.33 Å². The second-order valence-electron chi connectivity index (χ2n) is 2.91. The van der Waals surface area contributed by atoms with E-state index in [0.29, 0.717) is 12.4 Å². The number of carbonyl (C=O) groups excluding carboxylic acids is 1. The van der Waals surface area contributed by atoms with Gasteiger partial charge in [0.15, 0.2) is 0 Å². The minimum Gasteiger partial charge on any atom is -0.347 e. The fourth-order valence-electron chi connectivity index (χ4n) is 1.10. The molecule has 2 heterocycles. The molecule has 0 saturated carbocycles. The number of hydrogen-bond acceptors (Lipinski definition) is 4. The molecule has 0 unspecified atom stereocenters. The molecule has 0 aliphatic rings. The molecule has 7 nitrogen and oxygen atoms in total. The molecule has 2 N–H and O–H groups in total. The number of H-pyrrole nitrogens is 1. The van der Waals surface area contributed by atoms with Crippen LogP contribution in [-0.4, -0.2) is 30.9 Å². The first kappa shape index (κ1) is 9.38. The van der Waals surface area contributed by atoms with Gasteiger partial charge >= 0.3 is 0 Å². The van der Waals surface area contributed by atoms with Gasteiger partial charge in [-0.1, -0.05) is 0 Å². The standard InChI is InChI=1S/C8H10N6O/c15-8(5-14-3-1-2-12-14)9-4-7-10-6-11-13-7/h1-3,6H,4-5H2,(H,9,15)(H,10,11,13). The van der Waals surface area contributed by atoms with E-state index in [-0.39, 0.29) is 12.5 Å². The first-order valence-corrected chi connectivity index (χ1v) is 4.43. The van der Waals surface area contributed by atoms with Gasteiger partial charge in [0.2, 0.25) is 5.91 Å². The van der Waals surface area contributed by atoms with Crippen molar-refractivity contribution in [3.05, 3.63) is 30.6 Å². The lowest BCUT2D eigenvalue weighted by Gasteiger charge is -2.02. The maximum absolute atomic E-state index is 11.4. The molecule has 2 aromatic heterocycles. The molecule has 7 heteroatoms. The van der Waals surface area contributed by atoms with Crippen LogP contribution in [0.2, 0.25) is 0 Å². The van der Waals surface area contributed by atoms with Gasteiger partial charge < -0.3 is 5.32 Å². The van der Waals surface area contributed by atoms with E-state index >= 15 is 0 Å². The summed E-state index contributed by atoms with van der Waals surface area (Å²) in [5.74, 6) is 0.513. The molecule has 2 rings (SSSR count). The summed E-state index contributed by atoms with van der Waals surface area (Å²) < 4.78 is 1.55. The molecule has 0 spiro atoms. The molecule has 0 aliphatic heterocycles. The molecular formula is C8H10N6O. The number of rotatable bonds is 4. The van der Waals surface area contributed by atoms with E-state index in [4.69, 9.17) is 0 Å². The van der Waals surface area contributed by atoms with E-state index in [1.807, 2.05) is 0 Å². The Balaban J connectivity index is 1.78. The lowest BCUT2D eigenvalue weighted by molar-refractivity contribution is -0.122. The van der Waals surface area contributed by atoms with Crippen molar-refractivity contribution in [2.75, 3.05) is 0 Å². The zero-order valence-electron chi connectivity index (χ0n) is 7.92. The van der Waals surface area contributed by atoms with E-state index in [2.05, 4.69) is 25.6 Å². The lowest BCUT2D eigenvalue weighted by Crippen LogP contribution is -2.27. The summed E-state index contributed by atoms with van der Waals surface area (Å²) in [6, 6.07) is 1.77. The number of hydrogen-bond donors (Lipinski definition) is 2. The fourth-order valence-corrected chi connectivity index (χ4v) is 1.10. The third-order valence-corrected chi connectivity index (χ3v) is 1.78. The molecule has 0 bridgehead atoms. The van der Waals surface area contributed by atoms with E-state index < -0.39 is 0 Å². The maximum atomic E-state index is 11.4. The van der Waals surface area contributed by atoms with Gasteiger partial charge in [-0.15, -0.1) is 0 Å². The van der Waals surface area contributed by atoms with Crippen molar-refractivity contribution in [2.24, 2.45) is 0 Å². The Kier molecular flexibility index (Phi) is 2.72. The van der Waals surface area contributed by atoms with Crippen molar-refractivity contribution >= 4 is 5.91 Å². The molecule has 0 fully saturated rings. The summed E-state index contributed by atoms with van der Waals surface area (Å²) in [5.41, 5.74) is 0. The second kappa shape index (κ2) is 4.36. The molecule has 78 valence electrons. The van der Waals surface area contributed by atoms with Crippen LogP contribution >= 0.6 is 0 Å². The van der Waals surface area contributed by atoms with Crippen LogP contribution in [0.5, 0.6) is 0 Å². The SMILES string of the molecule is O=C(Cn1cccn1)NCc1ncn[nH]1. The smallest absolute Gasteiger partial charge is 0.242 e. The molecular weight excluding hydrogens is 196 g/mol. The third kappa shape index (κ3) is 2.63. The number of aromatic nitrogens is 5. The van der Waals surface area contributed by atoms with Crippen LogP contribution in [0.3, 0.4) is 0 Å². The van der Waals surface area contributed by atoms with Gasteiger partial charge in [0.05, 0.1) is 6.54 Å². The Labute approximate surface area is 85.5 Å². The Morgan fingerprint density at radius 3 is 3.20 bits per heavy atom. The van der Waals surface area contributed by atoms with Crippen molar-refractivity contribution in [3.8, 4) is 0 Å². The molecule has 0 saturated heterocycles. The van der Waals surface area contributed by atoms with Crippen LogP contribution in [0.25, 0.3) is 0 Å². The summed E-state index contributed by atoms with van der Waals surface area (Å²) in [6.45, 7) is 0.557. The maximum Gasteiger partial charge on any atom is 0.242 e. The lowest BCUT2D eigenvalue weighted by atomic mass is 10.5. The van der Waals surface area contributed by atoms with Gasteiger partial charge in [-0.05, 0) is 6.07 Å². The van der Waals surface area contributed by atoms with E-state index in [9.17, 15) is 4.79 Å². The first-order chi connectivity index (χ1) is 7.34. The Bertz CT molecular complexity index is 406. The van der Waals surface area contributed by atoms with Crippen LogP contribution in [0.15, 0.2) is 24.8 Å². The summed E-state index contributed by atoms with van der Waals surface area (Å²) >= 11 is 0. The summed E-state index contributed by atoms with van der Waals surface area (Å²) in [7, 11) is 0. The number of nitrogens with one attached hydrogen (secondary N) is 2. The molecule has 0 radical (unpaired) electrons. The number of amides is 1. The largest absolute Gasteiger partial charge is 0.347 e. The van der Waals surface area contributed by atoms with Crippen LogP contribution in [0.1, 0.15) is 5.82 Å². The van der Waals surface area contributed by atoms with Gasteiger partial charge in [0.25, 0.3) is 0 Å². The fraction of sp³-hybridized carbons (Fsp3) is 0.250. The van der Waals surface area contributed by atoms with Crippen molar-refractivity contribution in [3.63, 3.8) is 0 Å². The van der Waals surface area contributed by atoms with Crippen LogP contribution < -0.4 is 5.32 Å². The van der Waals surface area contributed by atoms with Crippen molar-refractivity contribution in [1.82, 2.24) is 30.3 Å². The third-order valence-electron chi connectivity index (χ3n) is 1.78. The zero-order valence-corrected chi connectivity index (χ0v) is 7.92. The predicted octanol–water partition coefficient (Wildman–Crippen LogP) is -0.682. The highest BCUT2D eigenvalue weighted by Gasteiger charge is 2.03. The molecule has 15 heavy (non-hydrogen) atoms. The highest BCUT2D eigenvalue weighted by atomic mass is 16.2. The van der Waals surface area contributed by atoms with Crippen LogP contribution in [0, 0.1) is 0 Å². The van der Waals surface area contributed by atoms with Gasteiger partial charge in [0, 0.05) is 12.4 Å². The van der Waals surface area contributed by atoms with Gasteiger partial charge in [-0.25, -0.2) is 4.98 Å². The highest BCUT2D eigenvalue weighted by molar-refractivity contribution is 5.75. The summed E-state index contributed by atoms with van der Waals surface area (Å²) in [4.78, 5) is 15.3. The summed E-state index contributed by atoms with van der Waals surface area (Å²) in [6.07, 6.45) is 4.76. The highest BCUT2D eigenvalue weighted by Crippen LogP contribution is 1.87. The summed E-state index contributed by atoms with van der Waals surface area (Å²) in [5, 5.41) is 12.9. The topological polar surface area (TPSA) is 88.5 Å². The predicted molar refractivity (Wildman–Crippen MR) is 50.5 cm³/mol. The number of aromatic amines is 1. The van der Waals surface area contributed by atoms with Crippen molar-refractivity contribution in [2.45, 2.75) is 13.1 Å². The molecule has 1 amide bonds. The molecule has 2 aromatic rings. The minimum absolute atomic E-state index is 0.116. The van der Waals surface area contributed by atoms with Crippen LogP contribution in [0.4, 0.5) is 0 Å².